The molecule has 0 aliphatic carbocycles. The van der Waals surface area contributed by atoms with E-state index >= 15 is 0 Å². The molecule has 0 aromatic carbocycles. The SMILES string of the molecule is O=P(OCCCCl)(OCCCCl)SC(F)(F)F. The number of rotatable bonds is 9. The zero-order valence-corrected chi connectivity index (χ0v) is 11.9. The van der Waals surface area contributed by atoms with Crippen LogP contribution in [0.4, 0.5) is 13.2 Å². The summed E-state index contributed by atoms with van der Waals surface area (Å²) in [4.78, 5) is 0. The van der Waals surface area contributed by atoms with Crippen LogP contribution in [0.2, 0.25) is 0 Å². The van der Waals surface area contributed by atoms with Crippen LogP contribution in [0.1, 0.15) is 12.8 Å². The highest BCUT2D eigenvalue weighted by Gasteiger charge is 2.42. The first-order valence-electron chi connectivity index (χ1n) is 4.61. The molecule has 10 heteroatoms. The van der Waals surface area contributed by atoms with Crippen molar-refractivity contribution in [1.82, 2.24) is 0 Å². The van der Waals surface area contributed by atoms with Crippen LogP contribution in [0.25, 0.3) is 0 Å². The van der Waals surface area contributed by atoms with E-state index in [2.05, 4.69) is 9.05 Å². The topological polar surface area (TPSA) is 35.5 Å². The average molecular weight is 335 g/mol. The third kappa shape index (κ3) is 10.5. The number of hydrogen-bond donors (Lipinski definition) is 0. The summed E-state index contributed by atoms with van der Waals surface area (Å²) in [5.74, 6) is 0.413. The van der Waals surface area contributed by atoms with Gasteiger partial charge in [-0.15, -0.1) is 23.2 Å². The van der Waals surface area contributed by atoms with E-state index in [4.69, 9.17) is 23.2 Å². The quantitative estimate of drug-likeness (QED) is 0.349. The van der Waals surface area contributed by atoms with Gasteiger partial charge in [-0.25, -0.2) is 4.57 Å². The second-order valence-corrected chi connectivity index (χ2v) is 7.44. The normalized spacial score (nSPS) is 13.0. The lowest BCUT2D eigenvalue weighted by Crippen LogP contribution is -2.05. The molecule has 104 valence electrons. The van der Waals surface area contributed by atoms with E-state index in [1.165, 1.54) is 0 Å². The van der Waals surface area contributed by atoms with Crippen LogP contribution in [-0.2, 0) is 13.6 Å². The predicted molar refractivity (Wildman–Crippen MR) is 63.8 cm³/mol. The van der Waals surface area contributed by atoms with Crippen molar-refractivity contribution in [2.75, 3.05) is 25.0 Å². The Morgan fingerprint density at radius 1 is 1.06 bits per heavy atom. The van der Waals surface area contributed by atoms with Crippen molar-refractivity contribution in [2.45, 2.75) is 18.3 Å². The Morgan fingerprint density at radius 3 is 1.76 bits per heavy atom. The van der Waals surface area contributed by atoms with Gasteiger partial charge >= 0.3 is 12.3 Å². The van der Waals surface area contributed by atoms with Crippen LogP contribution < -0.4 is 0 Å². The van der Waals surface area contributed by atoms with Gasteiger partial charge in [-0.3, -0.25) is 0 Å². The fraction of sp³-hybridized carbons (Fsp3) is 1.00. The van der Waals surface area contributed by atoms with E-state index in [0.29, 0.717) is 12.8 Å². The Labute approximate surface area is 112 Å². The van der Waals surface area contributed by atoms with Crippen LogP contribution in [0.3, 0.4) is 0 Å². The largest absolute Gasteiger partial charge is 0.452 e. The number of hydrogen-bond acceptors (Lipinski definition) is 4. The van der Waals surface area contributed by atoms with E-state index in [1.807, 2.05) is 0 Å². The average Bonchev–Trinajstić information content (AvgIpc) is 2.15. The van der Waals surface area contributed by atoms with Crippen LogP contribution in [-0.4, -0.2) is 30.5 Å². The molecule has 17 heavy (non-hydrogen) atoms. The smallest absolute Gasteiger partial charge is 0.300 e. The highest BCUT2D eigenvalue weighted by atomic mass is 35.5. The fourth-order valence-electron chi connectivity index (χ4n) is 0.679. The van der Waals surface area contributed by atoms with Crippen molar-refractivity contribution in [3.05, 3.63) is 0 Å². The molecule has 0 aromatic rings. The minimum atomic E-state index is -4.68. The lowest BCUT2D eigenvalue weighted by Gasteiger charge is -2.18. The summed E-state index contributed by atoms with van der Waals surface area (Å²) in [6, 6.07) is 0. The molecule has 0 bridgehead atoms. The number of alkyl halides is 5. The van der Waals surface area contributed by atoms with Gasteiger partial charge in [-0.1, -0.05) is 0 Å². The monoisotopic (exact) mass is 334 g/mol. The predicted octanol–water partition coefficient (Wildman–Crippen LogP) is 4.64. The second kappa shape index (κ2) is 8.88. The molecule has 0 fully saturated rings. The molecule has 0 aromatic heterocycles. The van der Waals surface area contributed by atoms with Crippen molar-refractivity contribution >= 4 is 41.4 Å². The molecular formula is C7H12Cl2F3O3PS. The van der Waals surface area contributed by atoms with Gasteiger partial charge in [0.25, 0.3) is 0 Å². The first-order valence-corrected chi connectivity index (χ1v) is 8.65. The Balaban J connectivity index is 4.30. The highest BCUT2D eigenvalue weighted by molar-refractivity contribution is 8.55. The summed E-state index contributed by atoms with van der Waals surface area (Å²) < 4.78 is 57.4. The van der Waals surface area contributed by atoms with Crippen LogP contribution in [0.15, 0.2) is 0 Å². The van der Waals surface area contributed by atoms with Crippen LogP contribution in [0, 0.1) is 0 Å². The Morgan fingerprint density at radius 2 is 1.47 bits per heavy atom. The maximum atomic E-state index is 12.1. The zero-order valence-electron chi connectivity index (χ0n) is 8.71. The van der Waals surface area contributed by atoms with E-state index < -0.39 is 23.7 Å². The molecule has 0 unspecified atom stereocenters. The summed E-state index contributed by atoms with van der Waals surface area (Å²) in [6.45, 7) is -4.52. The van der Waals surface area contributed by atoms with E-state index in [1.54, 1.807) is 0 Å². The van der Waals surface area contributed by atoms with Gasteiger partial charge in [0.15, 0.2) is 0 Å². The van der Waals surface area contributed by atoms with E-state index in [-0.39, 0.29) is 25.0 Å². The van der Waals surface area contributed by atoms with Gasteiger partial charge in [0, 0.05) is 11.8 Å². The first kappa shape index (κ1) is 17.9. The van der Waals surface area contributed by atoms with Crippen molar-refractivity contribution in [2.24, 2.45) is 0 Å². The number of halogens is 5. The van der Waals surface area contributed by atoms with Crippen molar-refractivity contribution < 1.29 is 26.8 Å². The third-order valence-electron chi connectivity index (χ3n) is 1.27. The lowest BCUT2D eigenvalue weighted by atomic mass is 10.5. The van der Waals surface area contributed by atoms with Crippen LogP contribution in [0.5, 0.6) is 0 Å². The van der Waals surface area contributed by atoms with Crippen LogP contribution >= 0.6 is 41.4 Å². The van der Waals surface area contributed by atoms with E-state index in [9.17, 15) is 17.7 Å². The molecule has 0 aliphatic heterocycles. The molecule has 0 atom stereocenters. The maximum absolute atomic E-state index is 12.1. The molecule has 0 heterocycles. The van der Waals surface area contributed by atoms with E-state index in [0.717, 1.165) is 0 Å². The standard InChI is InChI=1S/C7H12Cl2F3O3PS/c8-3-1-5-14-16(13,15-6-2-4-9)17-7(10,11)12/h1-6H2. The highest BCUT2D eigenvalue weighted by Crippen LogP contribution is 2.66. The van der Waals surface area contributed by atoms with Crippen molar-refractivity contribution in [1.29, 1.82) is 0 Å². The molecule has 0 spiro atoms. The summed E-state index contributed by atoms with van der Waals surface area (Å²) in [7, 11) is 0. The van der Waals surface area contributed by atoms with Gasteiger partial charge in [0.2, 0.25) is 0 Å². The van der Waals surface area contributed by atoms with Crippen molar-refractivity contribution in [3.8, 4) is 0 Å². The Kier molecular flexibility index (Phi) is 9.34. The van der Waals surface area contributed by atoms with Gasteiger partial charge in [0.1, 0.15) is 0 Å². The second-order valence-electron chi connectivity index (χ2n) is 2.74. The Hall–Kier alpha value is 0.870. The summed E-state index contributed by atoms with van der Waals surface area (Å²) >= 11 is 9.90. The summed E-state index contributed by atoms with van der Waals surface area (Å²) in [5.41, 5.74) is -4.68. The van der Waals surface area contributed by atoms with Gasteiger partial charge in [-0.2, -0.15) is 13.2 Å². The summed E-state index contributed by atoms with van der Waals surface area (Å²) in [5, 5.41) is 0. The van der Waals surface area contributed by atoms with Gasteiger partial charge in [0.05, 0.1) is 24.6 Å². The van der Waals surface area contributed by atoms with Gasteiger partial charge < -0.3 is 9.05 Å². The fourth-order valence-corrected chi connectivity index (χ4v) is 3.56. The zero-order chi connectivity index (χ0) is 13.4. The molecule has 0 saturated carbocycles. The molecule has 0 saturated heterocycles. The molecular weight excluding hydrogens is 323 g/mol. The van der Waals surface area contributed by atoms with Crippen molar-refractivity contribution in [3.63, 3.8) is 0 Å². The van der Waals surface area contributed by atoms with Gasteiger partial charge in [-0.05, 0) is 12.8 Å². The lowest BCUT2D eigenvalue weighted by molar-refractivity contribution is -0.0318. The third-order valence-corrected chi connectivity index (χ3v) is 5.16. The Bertz CT molecular complexity index is 241. The molecule has 0 aliphatic rings. The molecule has 0 radical (unpaired) electrons. The maximum Gasteiger partial charge on any atom is 0.452 e. The molecule has 3 nitrogen and oxygen atoms in total. The molecule has 0 amide bonds. The molecule has 0 N–H and O–H groups in total. The minimum Gasteiger partial charge on any atom is -0.300 e. The molecule has 0 rings (SSSR count). The minimum absolute atomic E-state index is 0.148. The summed E-state index contributed by atoms with van der Waals surface area (Å²) in [6.07, 6.45) is 0.589. The first-order chi connectivity index (χ1) is 7.83.